The van der Waals surface area contributed by atoms with Crippen molar-refractivity contribution in [3.05, 3.63) is 12.1 Å². The van der Waals surface area contributed by atoms with E-state index < -0.39 is 11.9 Å². The lowest BCUT2D eigenvalue weighted by Gasteiger charge is -2.16. The van der Waals surface area contributed by atoms with E-state index in [0.29, 0.717) is 24.2 Å². The monoisotopic (exact) mass is 282 g/mol. The molecule has 0 bridgehead atoms. The van der Waals surface area contributed by atoms with Crippen molar-refractivity contribution in [1.82, 2.24) is 0 Å². The average Bonchev–Trinajstić information content (AvgIpc) is 2.47. The molecule has 0 amide bonds. The molecule has 1 aromatic carbocycles. The summed E-state index contributed by atoms with van der Waals surface area (Å²) in [5.74, 6) is -0.247. The molecule has 0 aromatic heterocycles. The normalized spacial score (nSPS) is 11.4. The zero-order valence-corrected chi connectivity index (χ0v) is 12.0. The van der Waals surface area contributed by atoms with Crippen LogP contribution in [0, 0.1) is 5.92 Å². The standard InChI is InChI=1S/C14H18O6/c1-5-9(8-15)14(16)20-11-7-6-10(17-2)12(18-3)13(11)19-4/h6-9H,5H2,1-4H3. The topological polar surface area (TPSA) is 71.1 Å². The first-order valence-corrected chi connectivity index (χ1v) is 6.08. The Balaban J connectivity index is 3.12. The molecule has 0 aliphatic carbocycles. The van der Waals surface area contributed by atoms with E-state index in [-0.39, 0.29) is 11.5 Å². The number of hydrogen-bond donors (Lipinski definition) is 0. The minimum absolute atomic E-state index is 0.176. The van der Waals surface area contributed by atoms with Gasteiger partial charge in [-0.1, -0.05) is 6.92 Å². The summed E-state index contributed by atoms with van der Waals surface area (Å²) in [6, 6.07) is 3.11. The maximum atomic E-state index is 11.8. The molecule has 0 heterocycles. The number of benzene rings is 1. The molecule has 1 rings (SSSR count). The molecule has 1 aromatic rings. The minimum atomic E-state index is -0.798. The number of ether oxygens (including phenoxy) is 4. The molecule has 0 spiro atoms. The van der Waals surface area contributed by atoms with Crippen molar-refractivity contribution < 1.29 is 28.5 Å². The summed E-state index contributed by atoms with van der Waals surface area (Å²) >= 11 is 0. The number of rotatable bonds is 7. The molecule has 110 valence electrons. The number of hydrogen-bond acceptors (Lipinski definition) is 6. The van der Waals surface area contributed by atoms with Gasteiger partial charge in [-0.3, -0.25) is 4.79 Å². The van der Waals surface area contributed by atoms with Gasteiger partial charge in [0.2, 0.25) is 11.5 Å². The quantitative estimate of drug-likeness (QED) is 0.329. The molecule has 1 unspecified atom stereocenters. The smallest absolute Gasteiger partial charge is 0.321 e. The van der Waals surface area contributed by atoms with E-state index in [2.05, 4.69) is 0 Å². The molecule has 20 heavy (non-hydrogen) atoms. The van der Waals surface area contributed by atoms with E-state index in [1.807, 2.05) is 0 Å². The maximum Gasteiger partial charge on any atom is 0.321 e. The van der Waals surface area contributed by atoms with Crippen molar-refractivity contribution in [2.75, 3.05) is 21.3 Å². The minimum Gasteiger partial charge on any atom is -0.493 e. The molecule has 1 atom stereocenters. The third-order valence-corrected chi connectivity index (χ3v) is 2.79. The lowest BCUT2D eigenvalue weighted by atomic mass is 10.1. The van der Waals surface area contributed by atoms with Gasteiger partial charge in [0.15, 0.2) is 11.5 Å². The van der Waals surface area contributed by atoms with Gasteiger partial charge in [-0.05, 0) is 18.6 Å². The van der Waals surface area contributed by atoms with Gasteiger partial charge in [-0.25, -0.2) is 0 Å². The highest BCUT2D eigenvalue weighted by Gasteiger charge is 2.23. The second kappa shape index (κ2) is 7.37. The van der Waals surface area contributed by atoms with Gasteiger partial charge in [0.05, 0.1) is 21.3 Å². The first kappa shape index (κ1) is 15.8. The van der Waals surface area contributed by atoms with E-state index in [1.165, 1.54) is 27.4 Å². The molecule has 6 nitrogen and oxygen atoms in total. The van der Waals surface area contributed by atoms with Gasteiger partial charge in [0, 0.05) is 0 Å². The number of methoxy groups -OCH3 is 3. The Hall–Kier alpha value is -2.24. The fourth-order valence-corrected chi connectivity index (χ4v) is 1.66. The zero-order valence-electron chi connectivity index (χ0n) is 12.0. The van der Waals surface area contributed by atoms with Crippen molar-refractivity contribution in [2.45, 2.75) is 13.3 Å². The van der Waals surface area contributed by atoms with Crippen molar-refractivity contribution in [3.63, 3.8) is 0 Å². The van der Waals surface area contributed by atoms with Gasteiger partial charge in [0.25, 0.3) is 0 Å². The molecule has 0 aliphatic rings. The first-order valence-electron chi connectivity index (χ1n) is 6.08. The molecule has 0 N–H and O–H groups in total. The van der Waals surface area contributed by atoms with E-state index in [9.17, 15) is 9.59 Å². The summed E-state index contributed by atoms with van der Waals surface area (Å²) in [4.78, 5) is 22.6. The number of carbonyl (C=O) groups excluding carboxylic acids is 2. The lowest BCUT2D eigenvalue weighted by molar-refractivity contribution is -0.141. The summed E-state index contributed by atoms with van der Waals surface area (Å²) in [5.41, 5.74) is 0. The lowest BCUT2D eigenvalue weighted by Crippen LogP contribution is -2.21. The van der Waals surface area contributed by atoms with Gasteiger partial charge in [-0.2, -0.15) is 0 Å². The largest absolute Gasteiger partial charge is 0.493 e. The maximum absolute atomic E-state index is 11.8. The van der Waals surface area contributed by atoms with E-state index >= 15 is 0 Å². The molecular formula is C14H18O6. The van der Waals surface area contributed by atoms with Crippen LogP contribution >= 0.6 is 0 Å². The predicted octanol–water partition coefficient (Wildman–Crippen LogP) is 1.84. The zero-order chi connectivity index (χ0) is 15.1. The number of aldehydes is 1. The first-order chi connectivity index (χ1) is 9.62. The molecule has 0 radical (unpaired) electrons. The molecule has 0 fully saturated rings. The summed E-state index contributed by atoms with van der Waals surface area (Å²) in [5, 5.41) is 0. The van der Waals surface area contributed by atoms with Crippen LogP contribution in [-0.4, -0.2) is 33.6 Å². The summed E-state index contributed by atoms with van der Waals surface area (Å²) in [7, 11) is 4.36. The fourth-order valence-electron chi connectivity index (χ4n) is 1.66. The Morgan fingerprint density at radius 3 is 2.10 bits per heavy atom. The Morgan fingerprint density at radius 1 is 1.10 bits per heavy atom. The second-order valence-electron chi connectivity index (χ2n) is 3.90. The van der Waals surface area contributed by atoms with Crippen LogP contribution in [-0.2, 0) is 9.59 Å². The predicted molar refractivity (Wildman–Crippen MR) is 71.6 cm³/mol. The van der Waals surface area contributed by atoms with E-state index in [1.54, 1.807) is 13.0 Å². The Kier molecular flexibility index (Phi) is 5.83. The van der Waals surface area contributed by atoms with Crippen LogP contribution in [0.2, 0.25) is 0 Å². The van der Waals surface area contributed by atoms with Gasteiger partial charge in [-0.15, -0.1) is 0 Å². The van der Waals surface area contributed by atoms with Crippen molar-refractivity contribution in [1.29, 1.82) is 0 Å². The summed E-state index contributed by atoms with van der Waals surface area (Å²) in [6.45, 7) is 1.73. The van der Waals surface area contributed by atoms with Gasteiger partial charge < -0.3 is 23.7 Å². The average molecular weight is 282 g/mol. The highest BCUT2D eigenvalue weighted by molar-refractivity contribution is 5.89. The molecule has 0 saturated heterocycles. The molecular weight excluding hydrogens is 264 g/mol. The molecule has 6 heteroatoms. The van der Waals surface area contributed by atoms with Gasteiger partial charge >= 0.3 is 5.97 Å². The Bertz CT molecular complexity index is 483. The van der Waals surface area contributed by atoms with Crippen LogP contribution in [0.3, 0.4) is 0 Å². The number of esters is 1. The molecule has 0 aliphatic heterocycles. The Morgan fingerprint density at radius 2 is 1.65 bits per heavy atom. The Labute approximate surface area is 117 Å². The SMILES string of the molecule is CCC(C=O)C(=O)Oc1ccc(OC)c(OC)c1OC. The summed E-state index contributed by atoms with van der Waals surface area (Å²) < 4.78 is 20.7. The van der Waals surface area contributed by atoms with Crippen LogP contribution in [0.5, 0.6) is 23.0 Å². The van der Waals surface area contributed by atoms with Crippen molar-refractivity contribution in [2.24, 2.45) is 5.92 Å². The van der Waals surface area contributed by atoms with E-state index in [4.69, 9.17) is 18.9 Å². The highest BCUT2D eigenvalue weighted by atomic mass is 16.6. The second-order valence-corrected chi connectivity index (χ2v) is 3.90. The van der Waals surface area contributed by atoms with Crippen molar-refractivity contribution in [3.8, 4) is 23.0 Å². The van der Waals surface area contributed by atoms with Gasteiger partial charge in [0.1, 0.15) is 12.2 Å². The van der Waals surface area contributed by atoms with Crippen LogP contribution in [0.25, 0.3) is 0 Å². The van der Waals surface area contributed by atoms with Crippen LogP contribution in [0.15, 0.2) is 12.1 Å². The molecule has 0 saturated carbocycles. The third-order valence-electron chi connectivity index (χ3n) is 2.79. The highest BCUT2D eigenvalue weighted by Crippen LogP contribution is 2.44. The van der Waals surface area contributed by atoms with Crippen molar-refractivity contribution >= 4 is 12.3 Å². The van der Waals surface area contributed by atoms with Crippen LogP contribution in [0.4, 0.5) is 0 Å². The third kappa shape index (κ3) is 3.20. The fraction of sp³-hybridized carbons (Fsp3) is 0.429. The summed E-state index contributed by atoms with van der Waals surface area (Å²) in [6.07, 6.45) is 0.938. The van der Waals surface area contributed by atoms with Crippen LogP contribution < -0.4 is 18.9 Å². The van der Waals surface area contributed by atoms with Crippen LogP contribution in [0.1, 0.15) is 13.3 Å². The number of carbonyl (C=O) groups is 2. The van der Waals surface area contributed by atoms with E-state index in [0.717, 1.165) is 0 Å².